The Labute approximate surface area is 108 Å². The zero-order valence-electron chi connectivity index (χ0n) is 10.7. The highest BCUT2D eigenvalue weighted by Gasteiger charge is 2.06. The molecular weight excluding hydrogens is 244 g/mol. The third-order valence-corrected chi connectivity index (χ3v) is 1.30. The van der Waals surface area contributed by atoms with Crippen LogP contribution < -0.4 is 5.73 Å². The Morgan fingerprint density at radius 3 is 1.82 bits per heavy atom. The van der Waals surface area contributed by atoms with E-state index in [-0.39, 0.29) is 0 Å². The van der Waals surface area contributed by atoms with E-state index in [1.54, 1.807) is 25.1 Å². The van der Waals surface area contributed by atoms with Crippen molar-refractivity contribution in [2.45, 2.75) is 13.3 Å². The van der Waals surface area contributed by atoms with E-state index >= 15 is 0 Å². The Bertz CT molecular complexity index is 263. The van der Waals surface area contributed by atoms with E-state index in [0.717, 1.165) is 12.5 Å². The highest BCUT2D eigenvalue weighted by Crippen LogP contribution is 1.99. The normalized spacial score (nSPS) is 8.88. The molecule has 3 N–H and O–H groups in total. The predicted octanol–water partition coefficient (Wildman–Crippen LogP) is 1.44. The van der Waals surface area contributed by atoms with Crippen LogP contribution in [-0.4, -0.2) is 42.4 Å². The molecule has 5 nitrogen and oxygen atoms in total. The molecule has 0 aliphatic carbocycles. The Morgan fingerprint density at radius 2 is 1.76 bits per heavy atom. The van der Waals surface area contributed by atoms with Gasteiger partial charge in [0, 0.05) is 20.5 Å². The molecule has 0 spiro atoms. The molecule has 0 unspecified atom stereocenters. The summed E-state index contributed by atoms with van der Waals surface area (Å²) in [7, 11) is 3.44. The van der Waals surface area contributed by atoms with Gasteiger partial charge in [0.05, 0.1) is 0 Å². The molecule has 0 bridgehead atoms. The first-order chi connectivity index (χ1) is 7.86. The van der Waals surface area contributed by atoms with E-state index in [1.165, 1.54) is 6.38 Å². The maximum atomic E-state index is 10.4. The highest BCUT2D eigenvalue weighted by atomic mass is 35.5. The summed E-state index contributed by atoms with van der Waals surface area (Å²) in [6, 6.07) is 0. The fourth-order valence-electron chi connectivity index (χ4n) is 0.655. The molecule has 0 saturated carbocycles. The van der Waals surface area contributed by atoms with Gasteiger partial charge in [0.15, 0.2) is 0 Å². The molecule has 0 aromatic carbocycles. The molecule has 0 aliphatic rings. The van der Waals surface area contributed by atoms with Gasteiger partial charge in [-0.25, -0.2) is 4.79 Å². The van der Waals surface area contributed by atoms with Gasteiger partial charge in [0.25, 0.3) is 0 Å². The van der Waals surface area contributed by atoms with E-state index < -0.39 is 11.9 Å². The minimum Gasteiger partial charge on any atom is -0.477 e. The number of nitrogens with two attached hydrogens (primary N) is 1. The third kappa shape index (κ3) is 17.1. The van der Waals surface area contributed by atoms with Gasteiger partial charge < -0.3 is 15.7 Å². The summed E-state index contributed by atoms with van der Waals surface area (Å²) >= 11 is 4.64. The maximum absolute atomic E-state index is 10.4. The molecule has 0 aromatic heterocycles. The van der Waals surface area contributed by atoms with Crippen LogP contribution in [-0.2, 0) is 9.59 Å². The summed E-state index contributed by atoms with van der Waals surface area (Å²) in [5, 5.41) is 8.56. The highest BCUT2D eigenvalue weighted by molar-refractivity contribution is 6.15. The lowest BCUT2D eigenvalue weighted by atomic mass is 10.3. The quantitative estimate of drug-likeness (QED) is 0.594. The number of halogens is 1. The number of carboxylic acids is 1. The topological polar surface area (TPSA) is 83.6 Å². The number of amides is 1. The summed E-state index contributed by atoms with van der Waals surface area (Å²) in [4.78, 5) is 21.5. The van der Waals surface area contributed by atoms with Crippen LogP contribution >= 0.6 is 11.6 Å². The summed E-state index contributed by atoms with van der Waals surface area (Å²) in [5.74, 6) is -1.35. The first-order valence-electron chi connectivity index (χ1n) is 4.77. The Morgan fingerprint density at radius 1 is 1.41 bits per heavy atom. The lowest BCUT2D eigenvalue weighted by molar-refractivity contribution is -0.134. The number of carbonyl (C=O) groups excluding carboxylic acids is 1. The van der Waals surface area contributed by atoms with Gasteiger partial charge in [-0.15, -0.1) is 11.6 Å². The maximum Gasteiger partial charge on any atom is 0.351 e. The lowest BCUT2D eigenvalue weighted by Crippen LogP contribution is -2.18. The van der Waals surface area contributed by atoms with Crippen LogP contribution in [0.1, 0.15) is 13.3 Å². The molecule has 0 fully saturated rings. The van der Waals surface area contributed by atoms with Crippen LogP contribution in [0.5, 0.6) is 0 Å². The van der Waals surface area contributed by atoms with E-state index in [0.29, 0.717) is 5.70 Å². The van der Waals surface area contributed by atoms with Crippen LogP contribution in [0.4, 0.5) is 0 Å². The molecule has 6 heteroatoms. The van der Waals surface area contributed by atoms with Gasteiger partial charge in [0.2, 0.25) is 5.91 Å². The van der Waals surface area contributed by atoms with E-state index in [1.807, 2.05) is 6.92 Å². The van der Waals surface area contributed by atoms with Crippen molar-refractivity contribution in [1.29, 1.82) is 0 Å². The minimum absolute atomic E-state index is 0.350. The van der Waals surface area contributed by atoms with Crippen molar-refractivity contribution < 1.29 is 14.7 Å². The number of primary amides is 1. The minimum atomic E-state index is -0.869. The number of aliphatic carboxylic acids is 1. The van der Waals surface area contributed by atoms with Crippen molar-refractivity contribution >= 4 is 23.5 Å². The van der Waals surface area contributed by atoms with E-state index in [2.05, 4.69) is 23.9 Å². The number of likely N-dealkylation sites (N-methyl/N-ethyl adjacent to an activating group) is 1. The smallest absolute Gasteiger partial charge is 0.351 e. The SMILES string of the molecule is C=CC(N)=O.CC/C=C(\C(=O)O)N(C)C.CCl. The van der Waals surface area contributed by atoms with Crippen molar-refractivity contribution in [3.05, 3.63) is 24.4 Å². The van der Waals surface area contributed by atoms with Crippen LogP contribution in [0.3, 0.4) is 0 Å². The molecule has 0 aliphatic heterocycles. The number of rotatable bonds is 4. The van der Waals surface area contributed by atoms with Gasteiger partial charge in [-0.3, -0.25) is 4.79 Å². The predicted molar refractivity (Wildman–Crippen MR) is 70.9 cm³/mol. The van der Waals surface area contributed by atoms with Crippen molar-refractivity contribution in [3.63, 3.8) is 0 Å². The van der Waals surface area contributed by atoms with Crippen molar-refractivity contribution in [1.82, 2.24) is 4.90 Å². The van der Waals surface area contributed by atoms with Gasteiger partial charge in [-0.1, -0.05) is 19.6 Å². The average Bonchev–Trinajstić information content (AvgIpc) is 2.28. The van der Waals surface area contributed by atoms with Crippen LogP contribution in [0.15, 0.2) is 24.4 Å². The first-order valence-corrected chi connectivity index (χ1v) is 5.52. The van der Waals surface area contributed by atoms with Gasteiger partial charge >= 0.3 is 5.97 Å². The number of hydrogen-bond acceptors (Lipinski definition) is 3. The van der Waals surface area contributed by atoms with Crippen molar-refractivity contribution in [3.8, 4) is 0 Å². The van der Waals surface area contributed by atoms with Crippen LogP contribution in [0, 0.1) is 0 Å². The molecule has 0 atom stereocenters. The van der Waals surface area contributed by atoms with Crippen molar-refractivity contribution in [2.24, 2.45) is 5.73 Å². The lowest BCUT2D eigenvalue weighted by Gasteiger charge is -2.11. The summed E-state index contributed by atoms with van der Waals surface area (Å²) in [6.45, 7) is 4.99. The fourth-order valence-corrected chi connectivity index (χ4v) is 0.655. The number of hydrogen-bond donors (Lipinski definition) is 2. The molecule has 0 heterocycles. The third-order valence-electron chi connectivity index (χ3n) is 1.30. The van der Waals surface area contributed by atoms with Gasteiger partial charge in [-0.05, 0) is 12.5 Å². The molecule has 0 rings (SSSR count). The Kier molecular flexibility index (Phi) is 17.8. The summed E-state index contributed by atoms with van der Waals surface area (Å²) < 4.78 is 0. The largest absolute Gasteiger partial charge is 0.477 e. The Hall–Kier alpha value is -1.49. The number of nitrogens with zero attached hydrogens (tertiary/aromatic N) is 1. The molecular formula is C11H21ClN2O3. The molecule has 0 aromatic rings. The molecule has 100 valence electrons. The average molecular weight is 265 g/mol. The Balaban J connectivity index is -0.000000236. The number of carboxylic acid groups (broad SMARTS) is 1. The number of alkyl halides is 1. The van der Waals surface area contributed by atoms with Crippen LogP contribution in [0.25, 0.3) is 0 Å². The van der Waals surface area contributed by atoms with Crippen LogP contribution in [0.2, 0.25) is 0 Å². The van der Waals surface area contributed by atoms with Gasteiger partial charge in [0.1, 0.15) is 5.70 Å². The summed E-state index contributed by atoms with van der Waals surface area (Å²) in [5.41, 5.74) is 4.88. The van der Waals surface area contributed by atoms with E-state index in [4.69, 9.17) is 5.11 Å². The molecule has 0 radical (unpaired) electrons. The molecule has 1 amide bonds. The number of carbonyl (C=O) groups is 2. The monoisotopic (exact) mass is 264 g/mol. The van der Waals surface area contributed by atoms with Crippen molar-refractivity contribution in [2.75, 3.05) is 20.5 Å². The van der Waals surface area contributed by atoms with Gasteiger partial charge in [-0.2, -0.15) is 0 Å². The second-order valence-electron chi connectivity index (χ2n) is 2.80. The number of allylic oxidation sites excluding steroid dienone is 1. The zero-order valence-corrected chi connectivity index (χ0v) is 11.5. The first kappa shape index (κ1) is 20.9. The molecule has 0 saturated heterocycles. The second-order valence-corrected chi connectivity index (χ2v) is 2.80. The zero-order chi connectivity index (χ0) is 14.4. The fraction of sp³-hybridized carbons (Fsp3) is 0.455. The second kappa shape index (κ2) is 14.5. The van der Waals surface area contributed by atoms with E-state index in [9.17, 15) is 9.59 Å². The summed E-state index contributed by atoms with van der Waals surface area (Å²) in [6.07, 6.45) is 4.96. The standard InChI is InChI=1S/C7H13NO2.C3H5NO.CH3Cl/c1-4-5-6(7(9)10)8(2)3;1-2-3(4)5;1-2/h5H,4H2,1-3H3,(H,9,10);2H,1H2,(H2,4,5);1H3/b6-5+;;. The molecule has 17 heavy (non-hydrogen) atoms.